The zero-order valence-electron chi connectivity index (χ0n) is 21.1. The van der Waals surface area contributed by atoms with Crippen molar-refractivity contribution in [3.63, 3.8) is 0 Å². The molecular weight excluding hydrogens is 502 g/mol. The third kappa shape index (κ3) is 6.03. The van der Waals surface area contributed by atoms with Crippen LogP contribution in [0.4, 0.5) is 5.69 Å². The summed E-state index contributed by atoms with van der Waals surface area (Å²) in [6.45, 7) is 5.43. The number of carbonyl (C=O) groups is 2. The van der Waals surface area contributed by atoms with E-state index in [1.807, 2.05) is 66.7 Å². The van der Waals surface area contributed by atoms with E-state index in [0.29, 0.717) is 35.3 Å². The molecule has 1 fully saturated rings. The van der Waals surface area contributed by atoms with E-state index in [9.17, 15) is 9.59 Å². The maximum atomic E-state index is 13.7. The van der Waals surface area contributed by atoms with Crippen LogP contribution in [0.2, 0.25) is 5.02 Å². The lowest BCUT2D eigenvalue weighted by Crippen LogP contribution is -2.39. The molecular formula is C30H32ClN3O2S. The topological polar surface area (TPSA) is 52.7 Å². The highest BCUT2D eigenvalue weighted by Gasteiger charge is 2.28. The number of hydrogen-bond acceptors (Lipinski definition) is 4. The van der Waals surface area contributed by atoms with E-state index in [0.717, 1.165) is 40.6 Å². The van der Waals surface area contributed by atoms with Gasteiger partial charge in [-0.05, 0) is 80.8 Å². The molecule has 2 aliphatic rings. The fourth-order valence-corrected chi connectivity index (χ4v) is 6.38. The van der Waals surface area contributed by atoms with E-state index < -0.39 is 0 Å². The molecule has 0 radical (unpaired) electrons. The average Bonchev–Trinajstić information content (AvgIpc) is 3.01. The fraction of sp³-hybridized carbons (Fsp3) is 0.333. The summed E-state index contributed by atoms with van der Waals surface area (Å²) in [5.41, 5.74) is 2.88. The van der Waals surface area contributed by atoms with Gasteiger partial charge in [0.25, 0.3) is 11.8 Å². The molecule has 0 aromatic heterocycles. The molecule has 7 heteroatoms. The molecule has 37 heavy (non-hydrogen) atoms. The third-order valence-electron chi connectivity index (χ3n) is 7.17. The molecule has 0 bridgehead atoms. The Morgan fingerprint density at radius 1 is 1.05 bits per heavy atom. The van der Waals surface area contributed by atoms with Crippen LogP contribution in [0.15, 0.2) is 76.5 Å². The normalized spacial score (nSPS) is 17.6. The Morgan fingerprint density at radius 3 is 2.76 bits per heavy atom. The first-order valence-corrected chi connectivity index (χ1v) is 14.2. The molecule has 192 valence electrons. The van der Waals surface area contributed by atoms with Crippen LogP contribution >= 0.6 is 23.4 Å². The summed E-state index contributed by atoms with van der Waals surface area (Å²) in [4.78, 5) is 32.9. The minimum Gasteiger partial charge on any atom is -0.352 e. The van der Waals surface area contributed by atoms with E-state index >= 15 is 0 Å². The van der Waals surface area contributed by atoms with E-state index in [2.05, 4.69) is 17.1 Å². The SMILES string of the molecule is C[C@H]1CCCCN1CCCNC(=O)c1ccc2c(c1)N(Cc1cccc(Cl)c1)C(=O)c1ccccc1S2. The second kappa shape index (κ2) is 11.7. The van der Waals surface area contributed by atoms with Crippen molar-refractivity contribution in [1.29, 1.82) is 0 Å². The lowest BCUT2D eigenvalue weighted by Gasteiger charge is -2.33. The van der Waals surface area contributed by atoms with Crippen molar-refractivity contribution in [2.24, 2.45) is 0 Å². The monoisotopic (exact) mass is 533 g/mol. The van der Waals surface area contributed by atoms with Crippen LogP contribution < -0.4 is 10.2 Å². The first kappa shape index (κ1) is 25.8. The number of carbonyl (C=O) groups excluding carboxylic acids is 2. The number of hydrogen-bond donors (Lipinski definition) is 1. The van der Waals surface area contributed by atoms with Gasteiger partial charge < -0.3 is 15.1 Å². The number of likely N-dealkylation sites (tertiary alicyclic amines) is 1. The zero-order valence-corrected chi connectivity index (χ0v) is 22.7. The van der Waals surface area contributed by atoms with Gasteiger partial charge >= 0.3 is 0 Å². The van der Waals surface area contributed by atoms with Gasteiger partial charge in [0.05, 0.1) is 17.8 Å². The van der Waals surface area contributed by atoms with Gasteiger partial charge in [0, 0.05) is 39.5 Å². The highest BCUT2D eigenvalue weighted by molar-refractivity contribution is 7.99. The maximum absolute atomic E-state index is 13.7. The Hall–Kier alpha value is -2.80. The van der Waals surface area contributed by atoms with Crippen molar-refractivity contribution in [3.05, 3.63) is 88.4 Å². The Labute approximate surface area is 228 Å². The number of nitrogens with zero attached hydrogens (tertiary/aromatic N) is 2. The van der Waals surface area contributed by atoms with E-state index in [4.69, 9.17) is 11.6 Å². The first-order chi connectivity index (χ1) is 18.0. The van der Waals surface area contributed by atoms with Crippen molar-refractivity contribution in [3.8, 4) is 0 Å². The molecule has 3 aromatic carbocycles. The number of piperidine rings is 1. The van der Waals surface area contributed by atoms with Crippen LogP contribution in [0.1, 0.15) is 58.9 Å². The summed E-state index contributed by atoms with van der Waals surface area (Å²) in [6, 6.07) is 21.5. The third-order valence-corrected chi connectivity index (χ3v) is 8.55. The van der Waals surface area contributed by atoms with Crippen LogP contribution in [-0.2, 0) is 6.54 Å². The van der Waals surface area contributed by atoms with Crippen LogP contribution in [-0.4, -0.2) is 42.4 Å². The Morgan fingerprint density at radius 2 is 1.92 bits per heavy atom. The van der Waals surface area contributed by atoms with Crippen LogP contribution in [0.25, 0.3) is 0 Å². The number of rotatable bonds is 7. The summed E-state index contributed by atoms with van der Waals surface area (Å²) in [5.74, 6) is -0.202. The van der Waals surface area contributed by atoms with Crippen molar-refractivity contribution >= 4 is 40.9 Å². The molecule has 0 unspecified atom stereocenters. The van der Waals surface area contributed by atoms with Crippen LogP contribution in [0, 0.1) is 0 Å². The fourth-order valence-electron chi connectivity index (χ4n) is 5.11. The van der Waals surface area contributed by atoms with Crippen molar-refractivity contribution in [2.45, 2.75) is 55.0 Å². The number of anilines is 1. The Kier molecular flexibility index (Phi) is 8.18. The minimum atomic E-state index is -0.114. The molecule has 2 heterocycles. The van der Waals surface area contributed by atoms with Gasteiger partial charge in [-0.3, -0.25) is 9.59 Å². The van der Waals surface area contributed by atoms with Gasteiger partial charge in [-0.15, -0.1) is 0 Å². The predicted octanol–water partition coefficient (Wildman–Crippen LogP) is 6.65. The summed E-state index contributed by atoms with van der Waals surface area (Å²) in [5, 5.41) is 3.71. The number of fused-ring (bicyclic) bond motifs is 2. The van der Waals surface area contributed by atoms with Crippen molar-refractivity contribution in [2.75, 3.05) is 24.5 Å². The summed E-state index contributed by atoms with van der Waals surface area (Å²) < 4.78 is 0. The number of nitrogens with one attached hydrogen (secondary N) is 1. The standard InChI is InChI=1S/C30H32ClN3O2S/c1-21-8-4-5-16-33(21)17-7-15-32-29(35)23-13-14-28-26(19-23)34(20-22-9-6-10-24(31)18-22)30(36)25-11-2-3-12-27(25)37-28/h2-3,6,9-14,18-19,21H,4-5,7-8,15-17,20H2,1H3,(H,32,35)/t21-/m0/s1. The molecule has 1 N–H and O–H groups in total. The molecule has 5 rings (SSSR count). The van der Waals surface area contributed by atoms with Gasteiger partial charge in [-0.1, -0.05) is 54.0 Å². The Balaban J connectivity index is 1.35. The highest BCUT2D eigenvalue weighted by Crippen LogP contribution is 2.42. The van der Waals surface area contributed by atoms with Crippen LogP contribution in [0.3, 0.4) is 0 Å². The second-order valence-electron chi connectivity index (χ2n) is 9.79. The van der Waals surface area contributed by atoms with Gasteiger partial charge in [-0.2, -0.15) is 0 Å². The molecule has 2 amide bonds. The van der Waals surface area contributed by atoms with Crippen molar-refractivity contribution < 1.29 is 9.59 Å². The van der Waals surface area contributed by atoms with Crippen molar-refractivity contribution in [1.82, 2.24) is 10.2 Å². The highest BCUT2D eigenvalue weighted by atomic mass is 35.5. The van der Waals surface area contributed by atoms with E-state index in [1.165, 1.54) is 19.3 Å². The lowest BCUT2D eigenvalue weighted by molar-refractivity contribution is 0.0945. The van der Waals surface area contributed by atoms with Gasteiger partial charge in [0.15, 0.2) is 0 Å². The molecule has 3 aromatic rings. The maximum Gasteiger partial charge on any atom is 0.259 e. The largest absolute Gasteiger partial charge is 0.352 e. The number of benzene rings is 3. The van der Waals surface area contributed by atoms with E-state index in [-0.39, 0.29) is 11.8 Å². The summed E-state index contributed by atoms with van der Waals surface area (Å²) in [7, 11) is 0. The minimum absolute atomic E-state index is 0.0879. The smallest absolute Gasteiger partial charge is 0.259 e. The zero-order chi connectivity index (χ0) is 25.8. The van der Waals surface area contributed by atoms with E-state index in [1.54, 1.807) is 16.7 Å². The summed E-state index contributed by atoms with van der Waals surface area (Å²) >= 11 is 7.79. The van der Waals surface area contributed by atoms with Crippen LogP contribution in [0.5, 0.6) is 0 Å². The predicted molar refractivity (Wildman–Crippen MR) is 151 cm³/mol. The number of halogens is 1. The average molecular weight is 534 g/mol. The molecule has 2 aliphatic heterocycles. The molecule has 5 nitrogen and oxygen atoms in total. The quantitative estimate of drug-likeness (QED) is 0.346. The number of amides is 2. The molecule has 0 spiro atoms. The van der Waals surface area contributed by atoms with Gasteiger partial charge in [-0.25, -0.2) is 0 Å². The summed E-state index contributed by atoms with van der Waals surface area (Å²) in [6.07, 6.45) is 4.75. The lowest BCUT2D eigenvalue weighted by atomic mass is 10.0. The van der Waals surface area contributed by atoms with Gasteiger partial charge in [0.1, 0.15) is 0 Å². The second-order valence-corrected chi connectivity index (χ2v) is 11.3. The molecule has 1 atom stereocenters. The molecule has 1 saturated heterocycles. The van der Waals surface area contributed by atoms with Gasteiger partial charge in [0.2, 0.25) is 0 Å². The molecule has 0 aliphatic carbocycles. The Bertz CT molecular complexity index is 1300. The molecule has 0 saturated carbocycles. The first-order valence-electron chi connectivity index (χ1n) is 13.0.